The van der Waals surface area contributed by atoms with Crippen LogP contribution in [0.15, 0.2) is 17.5 Å². The van der Waals surface area contributed by atoms with Crippen LogP contribution in [0, 0.1) is 0 Å². The first-order valence-electron chi connectivity index (χ1n) is 5.95. The molecule has 2 amide bonds. The number of hydrogen-bond acceptors (Lipinski definition) is 4. The van der Waals surface area contributed by atoms with Crippen LogP contribution < -0.4 is 10.6 Å². The van der Waals surface area contributed by atoms with Crippen LogP contribution in [0.3, 0.4) is 0 Å². The molecule has 2 unspecified atom stereocenters. The Balaban J connectivity index is 2.51. The number of ether oxygens (including phenoxy) is 1. The van der Waals surface area contributed by atoms with Gasteiger partial charge >= 0.3 is 12.0 Å². The van der Waals surface area contributed by atoms with E-state index in [-0.39, 0.29) is 6.04 Å². The molecule has 19 heavy (non-hydrogen) atoms. The molecule has 0 aliphatic rings. The lowest BCUT2D eigenvalue weighted by molar-refractivity contribution is -0.139. The number of rotatable bonds is 7. The van der Waals surface area contributed by atoms with Gasteiger partial charge in [-0.2, -0.15) is 0 Å². The summed E-state index contributed by atoms with van der Waals surface area (Å²) < 4.78 is 5.16. The van der Waals surface area contributed by atoms with Crippen molar-refractivity contribution in [3.05, 3.63) is 22.4 Å². The molecule has 0 saturated carbocycles. The number of aliphatic carboxylic acids is 1. The van der Waals surface area contributed by atoms with E-state index < -0.39 is 18.0 Å². The first-order valence-corrected chi connectivity index (χ1v) is 6.83. The Labute approximate surface area is 115 Å². The standard InChI is InChI=1S/C12H18N2O4S/c1-3-18-7-8(2)13-12(17)14-10(11(15)16)9-5-4-6-19-9/h4-6,8,10H,3,7H2,1-2H3,(H,15,16)(H2,13,14,17). The van der Waals surface area contributed by atoms with E-state index in [1.54, 1.807) is 24.4 Å². The number of hydrogen-bond donors (Lipinski definition) is 3. The molecular formula is C12H18N2O4S. The summed E-state index contributed by atoms with van der Waals surface area (Å²) in [4.78, 5) is 23.4. The van der Waals surface area contributed by atoms with Crippen LogP contribution >= 0.6 is 11.3 Å². The number of urea groups is 1. The fraction of sp³-hybridized carbons (Fsp3) is 0.500. The quantitative estimate of drug-likeness (QED) is 0.710. The van der Waals surface area contributed by atoms with Gasteiger partial charge in [-0.3, -0.25) is 0 Å². The largest absolute Gasteiger partial charge is 0.479 e. The van der Waals surface area contributed by atoms with E-state index in [2.05, 4.69) is 10.6 Å². The Morgan fingerprint density at radius 2 is 2.21 bits per heavy atom. The Kier molecular flexibility index (Phi) is 6.31. The SMILES string of the molecule is CCOCC(C)NC(=O)NC(C(=O)O)c1cccs1. The molecule has 0 aliphatic carbocycles. The third-order valence-electron chi connectivity index (χ3n) is 2.30. The van der Waals surface area contributed by atoms with Gasteiger partial charge in [0.05, 0.1) is 12.6 Å². The molecule has 0 radical (unpaired) electrons. The Morgan fingerprint density at radius 1 is 1.47 bits per heavy atom. The zero-order valence-corrected chi connectivity index (χ0v) is 11.7. The van der Waals surface area contributed by atoms with Crippen molar-refractivity contribution >= 4 is 23.3 Å². The highest BCUT2D eigenvalue weighted by molar-refractivity contribution is 7.10. The molecule has 1 heterocycles. The molecule has 106 valence electrons. The molecule has 1 aromatic heterocycles. The summed E-state index contributed by atoms with van der Waals surface area (Å²) in [5.74, 6) is -1.09. The van der Waals surface area contributed by atoms with Crippen molar-refractivity contribution in [1.29, 1.82) is 0 Å². The first-order chi connectivity index (χ1) is 9.04. The Hall–Kier alpha value is -1.60. The summed E-state index contributed by atoms with van der Waals surface area (Å²) in [6.45, 7) is 4.61. The molecular weight excluding hydrogens is 268 g/mol. The van der Waals surface area contributed by atoms with Gasteiger partial charge in [-0.1, -0.05) is 6.07 Å². The van der Waals surface area contributed by atoms with Gasteiger partial charge in [-0.05, 0) is 25.3 Å². The highest BCUT2D eigenvalue weighted by Gasteiger charge is 2.23. The normalized spacial score (nSPS) is 13.6. The first kappa shape index (κ1) is 15.5. The lowest BCUT2D eigenvalue weighted by atomic mass is 10.2. The van der Waals surface area contributed by atoms with E-state index in [0.717, 1.165) is 0 Å². The summed E-state index contributed by atoms with van der Waals surface area (Å²) >= 11 is 1.29. The van der Waals surface area contributed by atoms with Crippen LogP contribution in [0.5, 0.6) is 0 Å². The lowest BCUT2D eigenvalue weighted by Gasteiger charge is -2.17. The summed E-state index contributed by atoms with van der Waals surface area (Å²) in [6.07, 6.45) is 0. The van der Waals surface area contributed by atoms with Gasteiger partial charge in [0.25, 0.3) is 0 Å². The number of nitrogens with one attached hydrogen (secondary N) is 2. The van der Waals surface area contributed by atoms with Crippen LogP contribution in [-0.4, -0.2) is 36.4 Å². The van der Waals surface area contributed by atoms with Crippen molar-refractivity contribution in [3.8, 4) is 0 Å². The van der Waals surface area contributed by atoms with Crippen molar-refractivity contribution in [2.45, 2.75) is 25.9 Å². The van der Waals surface area contributed by atoms with Gasteiger partial charge in [-0.15, -0.1) is 11.3 Å². The minimum absolute atomic E-state index is 0.183. The molecule has 1 rings (SSSR count). The maximum absolute atomic E-state index is 11.7. The minimum atomic E-state index is -1.09. The van der Waals surface area contributed by atoms with Gasteiger partial charge in [-0.25, -0.2) is 9.59 Å². The van der Waals surface area contributed by atoms with Gasteiger partial charge < -0.3 is 20.5 Å². The lowest BCUT2D eigenvalue weighted by Crippen LogP contribution is -2.45. The average molecular weight is 286 g/mol. The summed E-state index contributed by atoms with van der Waals surface area (Å²) in [5, 5.41) is 15.9. The van der Waals surface area contributed by atoms with E-state index in [4.69, 9.17) is 9.84 Å². The molecule has 0 fully saturated rings. The van der Waals surface area contributed by atoms with E-state index in [9.17, 15) is 9.59 Å². The molecule has 6 nitrogen and oxygen atoms in total. The predicted molar refractivity (Wildman–Crippen MR) is 72.3 cm³/mol. The zero-order chi connectivity index (χ0) is 14.3. The molecule has 0 aromatic carbocycles. The second-order valence-electron chi connectivity index (χ2n) is 3.96. The fourth-order valence-corrected chi connectivity index (χ4v) is 2.21. The number of amides is 2. The van der Waals surface area contributed by atoms with Crippen LogP contribution in [0.4, 0.5) is 4.79 Å². The number of carbonyl (C=O) groups is 2. The molecule has 1 aromatic rings. The van der Waals surface area contributed by atoms with Gasteiger partial charge in [0.1, 0.15) is 0 Å². The molecule has 0 bridgehead atoms. The minimum Gasteiger partial charge on any atom is -0.479 e. The summed E-state index contributed by atoms with van der Waals surface area (Å²) in [5.41, 5.74) is 0. The zero-order valence-electron chi connectivity index (χ0n) is 10.9. The Morgan fingerprint density at radius 3 is 2.74 bits per heavy atom. The highest BCUT2D eigenvalue weighted by Crippen LogP contribution is 2.18. The smallest absolute Gasteiger partial charge is 0.331 e. The van der Waals surface area contributed by atoms with Crippen LogP contribution in [0.25, 0.3) is 0 Å². The van der Waals surface area contributed by atoms with E-state index in [0.29, 0.717) is 18.1 Å². The van der Waals surface area contributed by atoms with Gasteiger partial charge in [0.2, 0.25) is 0 Å². The maximum atomic E-state index is 11.7. The third kappa shape index (κ3) is 5.27. The average Bonchev–Trinajstić information content (AvgIpc) is 2.86. The van der Waals surface area contributed by atoms with Crippen LogP contribution in [-0.2, 0) is 9.53 Å². The van der Waals surface area contributed by atoms with Gasteiger partial charge in [0, 0.05) is 11.5 Å². The second kappa shape index (κ2) is 7.75. The second-order valence-corrected chi connectivity index (χ2v) is 4.94. The fourth-order valence-electron chi connectivity index (χ4n) is 1.44. The number of carboxylic acids is 1. The monoisotopic (exact) mass is 286 g/mol. The van der Waals surface area contributed by atoms with Crippen molar-refractivity contribution in [3.63, 3.8) is 0 Å². The van der Waals surface area contributed by atoms with Crippen LogP contribution in [0.1, 0.15) is 24.8 Å². The molecule has 0 saturated heterocycles. The number of thiophene rings is 1. The van der Waals surface area contributed by atoms with E-state index >= 15 is 0 Å². The number of carboxylic acid groups (broad SMARTS) is 1. The van der Waals surface area contributed by atoms with Crippen molar-refractivity contribution in [2.24, 2.45) is 0 Å². The Bertz CT molecular complexity index is 408. The van der Waals surface area contributed by atoms with Gasteiger partial charge in [0.15, 0.2) is 6.04 Å². The summed E-state index contributed by atoms with van der Waals surface area (Å²) in [6, 6.07) is 1.69. The molecule has 0 spiro atoms. The third-order valence-corrected chi connectivity index (χ3v) is 3.24. The number of carbonyl (C=O) groups excluding carboxylic acids is 1. The maximum Gasteiger partial charge on any atom is 0.331 e. The van der Waals surface area contributed by atoms with E-state index in [1.165, 1.54) is 11.3 Å². The molecule has 3 N–H and O–H groups in total. The summed E-state index contributed by atoms with van der Waals surface area (Å²) in [7, 11) is 0. The van der Waals surface area contributed by atoms with Crippen molar-refractivity contribution < 1.29 is 19.4 Å². The predicted octanol–water partition coefficient (Wildman–Crippen LogP) is 1.60. The van der Waals surface area contributed by atoms with Crippen molar-refractivity contribution in [1.82, 2.24) is 10.6 Å². The highest BCUT2D eigenvalue weighted by atomic mass is 32.1. The molecule has 0 aliphatic heterocycles. The molecule has 2 atom stereocenters. The van der Waals surface area contributed by atoms with Crippen LogP contribution in [0.2, 0.25) is 0 Å². The topological polar surface area (TPSA) is 87.7 Å². The van der Waals surface area contributed by atoms with Crippen molar-refractivity contribution in [2.75, 3.05) is 13.2 Å². The molecule has 7 heteroatoms. The van der Waals surface area contributed by atoms with E-state index in [1.807, 2.05) is 6.92 Å².